The van der Waals surface area contributed by atoms with Crippen molar-refractivity contribution in [2.45, 2.75) is 27.7 Å². The van der Waals surface area contributed by atoms with Gasteiger partial charge in [-0.1, -0.05) is 17.7 Å². The Balaban J connectivity index is 2.39. The highest BCUT2D eigenvalue weighted by molar-refractivity contribution is 6.33. The van der Waals surface area contributed by atoms with E-state index in [9.17, 15) is 4.79 Å². The van der Waals surface area contributed by atoms with E-state index < -0.39 is 0 Å². The molecule has 0 bridgehead atoms. The molecule has 0 saturated heterocycles. The van der Waals surface area contributed by atoms with Crippen LogP contribution in [0.25, 0.3) is 0 Å². The Hall–Kier alpha value is -1.74. The lowest BCUT2D eigenvalue weighted by molar-refractivity contribution is 0.101. The largest absolute Gasteiger partial charge is 0.445 e. The minimum Gasteiger partial charge on any atom is -0.445 e. The Bertz CT molecular complexity index is 644. The predicted molar refractivity (Wildman–Crippen MR) is 77.7 cm³/mol. The van der Waals surface area contributed by atoms with Gasteiger partial charge < -0.3 is 9.73 Å². The second-order valence-corrected chi connectivity index (χ2v) is 5.06. The summed E-state index contributed by atoms with van der Waals surface area (Å²) >= 11 is 6.17. The first-order valence-electron chi connectivity index (χ1n) is 6.04. The minimum absolute atomic E-state index is 0.00167. The standard InChI is InChI=1S/C15H16ClNO2/c1-8-5-6-13(12(16)7-8)17-15-9(2)14(10(3)18)11(4)19-15/h5-7,17H,1-4H3. The fraction of sp³-hybridized carbons (Fsp3) is 0.267. The zero-order valence-electron chi connectivity index (χ0n) is 11.4. The molecule has 0 aliphatic carbocycles. The van der Waals surface area contributed by atoms with Crippen LogP contribution in [-0.2, 0) is 0 Å². The van der Waals surface area contributed by atoms with Crippen molar-refractivity contribution < 1.29 is 9.21 Å². The highest BCUT2D eigenvalue weighted by Gasteiger charge is 2.18. The molecule has 0 unspecified atom stereocenters. The molecule has 4 heteroatoms. The maximum atomic E-state index is 11.6. The number of hydrogen-bond acceptors (Lipinski definition) is 3. The molecule has 0 fully saturated rings. The van der Waals surface area contributed by atoms with Crippen molar-refractivity contribution in [3.63, 3.8) is 0 Å². The summed E-state index contributed by atoms with van der Waals surface area (Å²) in [5.74, 6) is 1.19. The number of aryl methyl sites for hydroxylation is 2. The molecule has 1 aromatic carbocycles. The molecule has 100 valence electrons. The fourth-order valence-corrected chi connectivity index (χ4v) is 2.42. The van der Waals surface area contributed by atoms with Crippen LogP contribution in [0.1, 0.15) is 34.2 Å². The Labute approximate surface area is 117 Å². The van der Waals surface area contributed by atoms with E-state index >= 15 is 0 Å². The Morgan fingerprint density at radius 1 is 1.26 bits per heavy atom. The van der Waals surface area contributed by atoms with Gasteiger partial charge in [0, 0.05) is 5.56 Å². The van der Waals surface area contributed by atoms with Gasteiger partial charge in [-0.25, -0.2) is 0 Å². The highest BCUT2D eigenvalue weighted by Crippen LogP contribution is 2.32. The zero-order chi connectivity index (χ0) is 14.2. The lowest BCUT2D eigenvalue weighted by Gasteiger charge is -2.07. The summed E-state index contributed by atoms with van der Waals surface area (Å²) in [5, 5.41) is 3.76. The third kappa shape index (κ3) is 2.66. The number of nitrogens with one attached hydrogen (secondary N) is 1. The van der Waals surface area contributed by atoms with Crippen LogP contribution in [0, 0.1) is 20.8 Å². The number of carbonyl (C=O) groups is 1. The minimum atomic E-state index is 0.00167. The van der Waals surface area contributed by atoms with Gasteiger partial charge in [-0.05, 0) is 45.4 Å². The van der Waals surface area contributed by atoms with Crippen LogP contribution in [-0.4, -0.2) is 5.78 Å². The van der Waals surface area contributed by atoms with Gasteiger partial charge in [-0.15, -0.1) is 0 Å². The molecular formula is C15H16ClNO2. The van der Waals surface area contributed by atoms with E-state index in [1.807, 2.05) is 32.0 Å². The second kappa shape index (κ2) is 5.10. The van der Waals surface area contributed by atoms with E-state index in [4.69, 9.17) is 16.0 Å². The van der Waals surface area contributed by atoms with Gasteiger partial charge in [-0.2, -0.15) is 0 Å². The summed E-state index contributed by atoms with van der Waals surface area (Å²) in [7, 11) is 0. The van der Waals surface area contributed by atoms with E-state index in [1.54, 1.807) is 6.92 Å². The monoisotopic (exact) mass is 277 g/mol. The number of Topliss-reactive ketones (excluding diaryl/α,β-unsaturated/α-hetero) is 1. The van der Waals surface area contributed by atoms with Gasteiger partial charge in [0.25, 0.3) is 0 Å². The zero-order valence-corrected chi connectivity index (χ0v) is 12.2. The van der Waals surface area contributed by atoms with Gasteiger partial charge in [0.15, 0.2) is 5.78 Å². The van der Waals surface area contributed by atoms with Gasteiger partial charge in [0.2, 0.25) is 5.88 Å². The second-order valence-electron chi connectivity index (χ2n) is 4.65. The molecule has 0 spiro atoms. The fourth-order valence-electron chi connectivity index (χ4n) is 2.13. The molecule has 2 aromatic rings. The maximum absolute atomic E-state index is 11.6. The van der Waals surface area contributed by atoms with Crippen LogP contribution in [0.5, 0.6) is 0 Å². The third-order valence-corrected chi connectivity index (χ3v) is 3.36. The molecule has 0 amide bonds. The van der Waals surface area contributed by atoms with Gasteiger partial charge >= 0.3 is 0 Å². The van der Waals surface area contributed by atoms with Crippen LogP contribution >= 0.6 is 11.6 Å². The van der Waals surface area contributed by atoms with Crippen molar-refractivity contribution in [1.82, 2.24) is 0 Å². The van der Waals surface area contributed by atoms with Crippen LogP contribution < -0.4 is 5.32 Å². The topological polar surface area (TPSA) is 42.2 Å². The van der Waals surface area contributed by atoms with Crippen molar-refractivity contribution >= 4 is 29.0 Å². The molecule has 19 heavy (non-hydrogen) atoms. The van der Waals surface area contributed by atoms with Crippen LogP contribution in [0.3, 0.4) is 0 Å². The summed E-state index contributed by atoms with van der Waals surface area (Å²) < 4.78 is 5.61. The van der Waals surface area contributed by atoms with Crippen molar-refractivity contribution in [2.24, 2.45) is 0 Å². The van der Waals surface area contributed by atoms with Crippen molar-refractivity contribution in [2.75, 3.05) is 5.32 Å². The molecular weight excluding hydrogens is 262 g/mol. The van der Waals surface area contributed by atoms with Gasteiger partial charge in [0.1, 0.15) is 5.76 Å². The Morgan fingerprint density at radius 3 is 2.47 bits per heavy atom. The number of ketones is 1. The molecule has 0 aliphatic heterocycles. The number of rotatable bonds is 3. The van der Waals surface area contributed by atoms with Gasteiger partial charge in [-0.3, -0.25) is 4.79 Å². The number of carbonyl (C=O) groups excluding carboxylic acids is 1. The SMILES string of the molecule is CC(=O)c1c(C)oc(Nc2ccc(C)cc2Cl)c1C. The van der Waals surface area contributed by atoms with Crippen LogP contribution in [0.4, 0.5) is 11.6 Å². The van der Waals surface area contributed by atoms with Crippen LogP contribution in [0.15, 0.2) is 22.6 Å². The predicted octanol–water partition coefficient (Wildman–Crippen LogP) is 4.80. The Kier molecular flexibility index (Phi) is 3.67. The number of anilines is 2. The van der Waals surface area contributed by atoms with E-state index in [-0.39, 0.29) is 5.78 Å². The molecule has 2 rings (SSSR count). The number of furan rings is 1. The summed E-state index contributed by atoms with van der Waals surface area (Å²) in [5.41, 5.74) is 3.29. The highest BCUT2D eigenvalue weighted by atomic mass is 35.5. The maximum Gasteiger partial charge on any atom is 0.201 e. The van der Waals surface area contributed by atoms with E-state index in [1.165, 1.54) is 6.92 Å². The first kappa shape index (κ1) is 13.7. The van der Waals surface area contributed by atoms with Crippen LogP contribution in [0.2, 0.25) is 5.02 Å². The average Bonchev–Trinajstić information content (AvgIpc) is 2.58. The summed E-state index contributed by atoms with van der Waals surface area (Å²) in [6.07, 6.45) is 0. The van der Waals surface area contributed by atoms with E-state index in [2.05, 4.69) is 5.32 Å². The average molecular weight is 278 g/mol. The van der Waals surface area contributed by atoms with Crippen molar-refractivity contribution in [3.05, 3.63) is 45.7 Å². The molecule has 0 saturated carbocycles. The molecule has 3 nitrogen and oxygen atoms in total. The smallest absolute Gasteiger partial charge is 0.201 e. The number of halogens is 1. The quantitative estimate of drug-likeness (QED) is 0.819. The lowest BCUT2D eigenvalue weighted by Crippen LogP contribution is -1.96. The summed E-state index contributed by atoms with van der Waals surface area (Å²) in [4.78, 5) is 11.6. The molecule has 0 aliphatic rings. The first-order valence-corrected chi connectivity index (χ1v) is 6.42. The molecule has 1 heterocycles. The normalized spacial score (nSPS) is 10.6. The van der Waals surface area contributed by atoms with Gasteiger partial charge in [0.05, 0.1) is 16.3 Å². The van der Waals surface area contributed by atoms with Crippen molar-refractivity contribution in [3.8, 4) is 0 Å². The van der Waals surface area contributed by atoms with E-state index in [0.717, 1.165) is 16.8 Å². The molecule has 0 radical (unpaired) electrons. The summed E-state index contributed by atoms with van der Waals surface area (Å²) in [6.45, 7) is 7.16. The first-order chi connectivity index (χ1) is 8.90. The molecule has 1 N–H and O–H groups in total. The number of benzene rings is 1. The third-order valence-electron chi connectivity index (χ3n) is 3.05. The van der Waals surface area contributed by atoms with E-state index in [0.29, 0.717) is 22.2 Å². The van der Waals surface area contributed by atoms with Crippen molar-refractivity contribution in [1.29, 1.82) is 0 Å². The number of hydrogen-bond donors (Lipinski definition) is 1. The molecule has 1 aromatic heterocycles. The summed E-state index contributed by atoms with van der Waals surface area (Å²) in [6, 6.07) is 5.73. The Morgan fingerprint density at radius 2 is 1.95 bits per heavy atom. The molecule has 0 atom stereocenters. The lowest BCUT2D eigenvalue weighted by atomic mass is 10.1.